The second-order valence-corrected chi connectivity index (χ2v) is 5.52. The van der Waals surface area contributed by atoms with Crippen LogP contribution in [0.3, 0.4) is 0 Å². The second-order valence-electron chi connectivity index (χ2n) is 5.52. The van der Waals surface area contributed by atoms with Crippen LogP contribution in [-0.2, 0) is 9.59 Å². The number of carbonyl (C=O) groups excluding carboxylic acids is 2. The molecular weight excluding hydrogens is 272 g/mol. The molecule has 0 aliphatic heterocycles. The van der Waals surface area contributed by atoms with Crippen molar-refractivity contribution < 1.29 is 19.5 Å². The van der Waals surface area contributed by atoms with Gasteiger partial charge in [-0.2, -0.15) is 5.10 Å². The summed E-state index contributed by atoms with van der Waals surface area (Å²) in [6, 6.07) is 8.27. The Kier molecular flexibility index (Phi) is 5.35. The summed E-state index contributed by atoms with van der Waals surface area (Å²) in [7, 11) is 0. The Morgan fingerprint density at radius 3 is 2.19 bits per heavy atom. The van der Waals surface area contributed by atoms with E-state index in [1.807, 2.05) is 0 Å². The fraction of sp³-hybridized carbons (Fsp3) is 0.333. The molecule has 0 radical (unpaired) electrons. The number of carbonyl (C=O) groups is 3. The lowest BCUT2D eigenvalue weighted by Crippen LogP contribution is -2.29. The van der Waals surface area contributed by atoms with E-state index in [4.69, 9.17) is 5.11 Å². The van der Waals surface area contributed by atoms with Crippen molar-refractivity contribution in [1.29, 1.82) is 0 Å². The zero-order valence-corrected chi connectivity index (χ0v) is 12.2. The largest absolute Gasteiger partial charge is 0.477 e. The van der Waals surface area contributed by atoms with Crippen LogP contribution in [0.15, 0.2) is 35.4 Å². The van der Waals surface area contributed by atoms with Gasteiger partial charge in [0.05, 0.1) is 6.42 Å². The predicted molar refractivity (Wildman–Crippen MR) is 78.1 cm³/mol. The highest BCUT2D eigenvalue weighted by molar-refractivity contribution is 6.39. The van der Waals surface area contributed by atoms with Crippen molar-refractivity contribution in [2.45, 2.75) is 27.2 Å². The third-order valence-corrected chi connectivity index (χ3v) is 2.74. The maximum absolute atomic E-state index is 11.8. The van der Waals surface area contributed by atoms with E-state index in [0.717, 1.165) is 0 Å². The van der Waals surface area contributed by atoms with E-state index in [2.05, 4.69) is 10.5 Å². The quantitative estimate of drug-likeness (QED) is 0.639. The van der Waals surface area contributed by atoms with Crippen LogP contribution in [0.4, 0.5) is 0 Å². The summed E-state index contributed by atoms with van der Waals surface area (Å²) in [5.74, 6) is -2.13. The van der Waals surface area contributed by atoms with Crippen molar-refractivity contribution in [2.75, 3.05) is 0 Å². The van der Waals surface area contributed by atoms with Crippen LogP contribution in [0.5, 0.6) is 0 Å². The number of nitrogens with one attached hydrogen (secondary N) is 1. The minimum absolute atomic E-state index is 0.266. The molecule has 0 bridgehead atoms. The van der Waals surface area contributed by atoms with Gasteiger partial charge in [0.25, 0.3) is 5.91 Å². The van der Waals surface area contributed by atoms with Crippen molar-refractivity contribution in [3.63, 3.8) is 0 Å². The molecule has 0 saturated carbocycles. The molecule has 0 heterocycles. The van der Waals surface area contributed by atoms with Crippen molar-refractivity contribution in [2.24, 2.45) is 10.5 Å². The first kappa shape index (κ1) is 16.6. The van der Waals surface area contributed by atoms with Crippen molar-refractivity contribution >= 4 is 23.4 Å². The van der Waals surface area contributed by atoms with Crippen LogP contribution < -0.4 is 5.43 Å². The van der Waals surface area contributed by atoms with Crippen LogP contribution in [0.2, 0.25) is 0 Å². The van der Waals surface area contributed by atoms with Gasteiger partial charge in [0.1, 0.15) is 5.78 Å². The number of rotatable bonds is 5. The van der Waals surface area contributed by atoms with Gasteiger partial charge < -0.3 is 5.11 Å². The van der Waals surface area contributed by atoms with E-state index in [1.165, 1.54) is 0 Å². The summed E-state index contributed by atoms with van der Waals surface area (Å²) in [6.45, 7) is 5.08. The lowest BCUT2D eigenvalue weighted by molar-refractivity contribution is -0.131. The fourth-order valence-electron chi connectivity index (χ4n) is 1.35. The SMILES string of the molecule is CC(C)(C)C(=O)CC(=NNC(=O)c1ccccc1)C(=O)O. The van der Waals surface area contributed by atoms with Gasteiger partial charge in [-0.15, -0.1) is 0 Å². The molecule has 0 fully saturated rings. The molecule has 0 aromatic heterocycles. The first-order valence-corrected chi connectivity index (χ1v) is 6.40. The molecule has 6 heteroatoms. The molecule has 0 unspecified atom stereocenters. The van der Waals surface area contributed by atoms with E-state index >= 15 is 0 Å². The first-order valence-electron chi connectivity index (χ1n) is 6.40. The predicted octanol–water partition coefficient (Wildman–Crippen LogP) is 1.86. The summed E-state index contributed by atoms with van der Waals surface area (Å²) in [4.78, 5) is 34.7. The highest BCUT2D eigenvalue weighted by atomic mass is 16.4. The minimum atomic E-state index is -1.33. The first-order chi connectivity index (χ1) is 9.71. The number of carboxylic acids is 1. The number of benzene rings is 1. The topological polar surface area (TPSA) is 95.8 Å². The Morgan fingerprint density at radius 2 is 1.71 bits per heavy atom. The monoisotopic (exact) mass is 290 g/mol. The molecule has 21 heavy (non-hydrogen) atoms. The molecule has 0 aliphatic rings. The number of ketones is 1. The summed E-state index contributed by atoms with van der Waals surface area (Å²) in [6.07, 6.45) is -0.339. The van der Waals surface area contributed by atoms with Gasteiger partial charge in [-0.1, -0.05) is 39.0 Å². The molecule has 112 valence electrons. The zero-order valence-electron chi connectivity index (χ0n) is 12.2. The van der Waals surface area contributed by atoms with Crippen molar-refractivity contribution in [1.82, 2.24) is 5.43 Å². The van der Waals surface area contributed by atoms with Crippen molar-refractivity contribution in [3.05, 3.63) is 35.9 Å². The Balaban J connectivity index is 2.80. The molecule has 0 atom stereocenters. The third kappa shape index (κ3) is 5.18. The number of hydrazone groups is 1. The summed E-state index contributed by atoms with van der Waals surface area (Å²) >= 11 is 0. The van der Waals surface area contributed by atoms with Gasteiger partial charge in [-0.25, -0.2) is 10.2 Å². The number of nitrogens with zero attached hydrogens (tertiary/aromatic N) is 1. The lowest BCUT2D eigenvalue weighted by atomic mass is 9.88. The van der Waals surface area contributed by atoms with E-state index < -0.39 is 17.3 Å². The van der Waals surface area contributed by atoms with E-state index in [9.17, 15) is 14.4 Å². The number of Topliss-reactive ketones (excluding diaryl/α,β-unsaturated/α-hetero) is 1. The van der Waals surface area contributed by atoms with Crippen LogP contribution in [0.1, 0.15) is 37.6 Å². The van der Waals surface area contributed by atoms with Gasteiger partial charge in [-0.3, -0.25) is 9.59 Å². The van der Waals surface area contributed by atoms with Crippen LogP contribution >= 0.6 is 0 Å². The van der Waals surface area contributed by atoms with Gasteiger partial charge in [0.15, 0.2) is 5.71 Å². The van der Waals surface area contributed by atoms with Crippen LogP contribution in [-0.4, -0.2) is 28.5 Å². The molecule has 1 rings (SSSR count). The highest BCUT2D eigenvalue weighted by Gasteiger charge is 2.25. The standard InChI is InChI=1S/C15H18N2O4/c1-15(2,3)12(18)9-11(14(20)21)16-17-13(19)10-7-5-4-6-8-10/h4-8H,9H2,1-3H3,(H,17,19)(H,20,21). The molecule has 6 nitrogen and oxygen atoms in total. The number of hydrogen-bond acceptors (Lipinski definition) is 4. The molecule has 0 spiro atoms. The Labute approximate surface area is 122 Å². The molecule has 2 N–H and O–H groups in total. The Morgan fingerprint density at radius 1 is 1.14 bits per heavy atom. The van der Waals surface area contributed by atoms with Crippen molar-refractivity contribution in [3.8, 4) is 0 Å². The summed E-state index contributed by atoms with van der Waals surface area (Å²) < 4.78 is 0. The molecule has 0 aliphatic carbocycles. The minimum Gasteiger partial charge on any atom is -0.477 e. The Hall–Kier alpha value is -2.50. The van der Waals surface area contributed by atoms with Crippen LogP contribution in [0, 0.1) is 5.41 Å². The van der Waals surface area contributed by atoms with Gasteiger partial charge in [-0.05, 0) is 12.1 Å². The smallest absolute Gasteiger partial charge is 0.352 e. The average molecular weight is 290 g/mol. The van der Waals surface area contributed by atoms with Gasteiger partial charge in [0.2, 0.25) is 0 Å². The number of amides is 1. The normalized spacial score (nSPS) is 11.9. The molecule has 1 amide bonds. The molecule has 1 aromatic rings. The highest BCUT2D eigenvalue weighted by Crippen LogP contribution is 2.17. The summed E-state index contributed by atoms with van der Waals surface area (Å²) in [5, 5.41) is 12.6. The Bertz CT molecular complexity index is 571. The van der Waals surface area contributed by atoms with Gasteiger partial charge >= 0.3 is 5.97 Å². The fourth-order valence-corrected chi connectivity index (χ4v) is 1.35. The molecule has 0 saturated heterocycles. The third-order valence-electron chi connectivity index (χ3n) is 2.74. The van der Waals surface area contributed by atoms with Gasteiger partial charge in [0, 0.05) is 11.0 Å². The second kappa shape index (κ2) is 6.78. The lowest BCUT2D eigenvalue weighted by Gasteiger charge is -2.15. The number of aliphatic carboxylic acids is 1. The molecule has 1 aromatic carbocycles. The summed E-state index contributed by atoms with van der Waals surface area (Å²) in [5.41, 5.74) is 1.45. The van der Waals surface area contributed by atoms with E-state index in [1.54, 1.807) is 51.1 Å². The maximum atomic E-state index is 11.8. The van der Waals surface area contributed by atoms with E-state index in [0.29, 0.717) is 5.56 Å². The van der Waals surface area contributed by atoms with Crippen LogP contribution in [0.25, 0.3) is 0 Å². The average Bonchev–Trinajstić information content (AvgIpc) is 2.42. The number of hydrogen-bond donors (Lipinski definition) is 2. The number of carboxylic acid groups (broad SMARTS) is 1. The zero-order chi connectivity index (χ0) is 16.0. The molecular formula is C15H18N2O4. The van der Waals surface area contributed by atoms with E-state index in [-0.39, 0.29) is 17.9 Å². The maximum Gasteiger partial charge on any atom is 0.352 e.